The fourth-order valence-corrected chi connectivity index (χ4v) is 7.20. The van der Waals surface area contributed by atoms with Crippen LogP contribution in [0.5, 0.6) is 5.75 Å². The zero-order valence-corrected chi connectivity index (χ0v) is 20.1. The molecule has 1 saturated heterocycles. The molecule has 2 aliphatic carbocycles. The molecule has 0 unspecified atom stereocenters. The summed E-state index contributed by atoms with van der Waals surface area (Å²) < 4.78 is 35.2. The Morgan fingerprint density at radius 2 is 1.68 bits per heavy atom. The predicted octanol–water partition coefficient (Wildman–Crippen LogP) is 3.73. The van der Waals surface area contributed by atoms with Crippen molar-refractivity contribution in [3.8, 4) is 5.75 Å². The first-order valence-electron chi connectivity index (χ1n) is 12.0. The highest BCUT2D eigenvalue weighted by molar-refractivity contribution is 7.89. The zero-order valence-electron chi connectivity index (χ0n) is 19.3. The SMILES string of the molecule is COc1ccc(CN2C(=O)[C@@H]3CCCC[C@H]3C2=O)cc1S(=O)(=O)N[C@@H]1CCCc2ccccc21. The lowest BCUT2D eigenvalue weighted by Crippen LogP contribution is -2.32. The number of hydrogen-bond donors (Lipinski definition) is 1. The Morgan fingerprint density at radius 1 is 0.971 bits per heavy atom. The Bertz CT molecular complexity index is 1200. The number of likely N-dealkylation sites (tertiary alicyclic amines) is 1. The number of carbonyl (C=O) groups is 2. The molecule has 0 aromatic heterocycles. The van der Waals surface area contributed by atoms with Crippen LogP contribution in [0.25, 0.3) is 0 Å². The molecule has 2 amide bonds. The number of hydrogen-bond acceptors (Lipinski definition) is 5. The minimum atomic E-state index is -3.91. The number of imide groups is 1. The van der Waals surface area contributed by atoms with Gasteiger partial charge < -0.3 is 4.74 Å². The fourth-order valence-electron chi connectivity index (χ4n) is 5.73. The van der Waals surface area contributed by atoms with Gasteiger partial charge in [0.05, 0.1) is 25.5 Å². The highest BCUT2D eigenvalue weighted by atomic mass is 32.2. The van der Waals surface area contributed by atoms with E-state index in [-0.39, 0.29) is 46.9 Å². The van der Waals surface area contributed by atoms with Crippen LogP contribution in [-0.4, -0.2) is 32.2 Å². The molecule has 34 heavy (non-hydrogen) atoms. The standard InChI is InChI=1S/C26H30N2O5S/c1-33-23-14-13-17(16-28-25(29)20-10-4-5-11-21(20)26(28)30)15-24(23)34(31,32)27-22-12-6-8-18-7-2-3-9-19(18)22/h2-3,7,9,13-15,20-22,27H,4-6,8,10-12,16H2,1H3/t20-,21-,22-/m1/s1. The van der Waals surface area contributed by atoms with E-state index in [0.29, 0.717) is 5.56 Å². The largest absolute Gasteiger partial charge is 0.495 e. The minimum absolute atomic E-state index is 0.0204. The van der Waals surface area contributed by atoms with Gasteiger partial charge in [-0.25, -0.2) is 13.1 Å². The number of fused-ring (bicyclic) bond motifs is 2. The number of ether oxygens (including phenoxy) is 1. The molecule has 0 radical (unpaired) electrons. The van der Waals surface area contributed by atoms with Crippen LogP contribution in [0.15, 0.2) is 47.4 Å². The number of carbonyl (C=O) groups excluding carboxylic acids is 2. The van der Waals surface area contributed by atoms with Crippen molar-refractivity contribution in [1.82, 2.24) is 9.62 Å². The molecular formula is C26H30N2O5S. The van der Waals surface area contributed by atoms with Crippen molar-refractivity contribution < 1.29 is 22.7 Å². The molecule has 5 rings (SSSR count). The summed E-state index contributed by atoms with van der Waals surface area (Å²) in [7, 11) is -2.48. The maximum atomic E-state index is 13.5. The summed E-state index contributed by atoms with van der Waals surface area (Å²) in [5.41, 5.74) is 2.75. The van der Waals surface area contributed by atoms with Crippen molar-refractivity contribution in [3.05, 3.63) is 59.2 Å². The normalized spacial score (nSPS) is 24.6. The average molecular weight is 483 g/mol. The van der Waals surface area contributed by atoms with E-state index >= 15 is 0 Å². The van der Waals surface area contributed by atoms with Gasteiger partial charge in [0.2, 0.25) is 21.8 Å². The lowest BCUT2D eigenvalue weighted by molar-refractivity contribution is -0.140. The van der Waals surface area contributed by atoms with Crippen molar-refractivity contribution in [2.45, 2.75) is 62.4 Å². The van der Waals surface area contributed by atoms with Gasteiger partial charge in [0.25, 0.3) is 0 Å². The van der Waals surface area contributed by atoms with Gasteiger partial charge in [-0.05, 0) is 60.9 Å². The van der Waals surface area contributed by atoms with Crippen molar-refractivity contribution in [3.63, 3.8) is 0 Å². The topological polar surface area (TPSA) is 92.8 Å². The van der Waals surface area contributed by atoms with Gasteiger partial charge in [0.15, 0.2) is 0 Å². The number of aryl methyl sites for hydroxylation is 1. The van der Waals surface area contributed by atoms with Gasteiger partial charge >= 0.3 is 0 Å². The summed E-state index contributed by atoms with van der Waals surface area (Å²) in [4.78, 5) is 27.1. The van der Waals surface area contributed by atoms with Crippen LogP contribution in [0, 0.1) is 11.8 Å². The maximum Gasteiger partial charge on any atom is 0.244 e. The van der Waals surface area contributed by atoms with E-state index in [4.69, 9.17) is 4.74 Å². The zero-order chi connectivity index (χ0) is 23.9. The monoisotopic (exact) mass is 482 g/mol. The summed E-state index contributed by atoms with van der Waals surface area (Å²) in [6, 6.07) is 12.4. The van der Waals surface area contributed by atoms with Crippen LogP contribution in [-0.2, 0) is 32.6 Å². The molecule has 180 valence electrons. The van der Waals surface area contributed by atoms with Crippen LogP contribution < -0.4 is 9.46 Å². The maximum absolute atomic E-state index is 13.5. The summed E-state index contributed by atoms with van der Waals surface area (Å²) in [5, 5.41) is 0. The summed E-state index contributed by atoms with van der Waals surface area (Å²) in [5.74, 6) is -0.488. The van der Waals surface area contributed by atoms with Crippen molar-refractivity contribution in [2.24, 2.45) is 11.8 Å². The lowest BCUT2D eigenvalue weighted by atomic mass is 9.81. The second-order valence-electron chi connectivity index (χ2n) is 9.51. The van der Waals surface area contributed by atoms with E-state index in [0.717, 1.165) is 56.1 Å². The van der Waals surface area contributed by atoms with Crippen molar-refractivity contribution in [2.75, 3.05) is 7.11 Å². The highest BCUT2D eigenvalue weighted by Gasteiger charge is 2.48. The average Bonchev–Trinajstić information content (AvgIpc) is 3.09. The Morgan fingerprint density at radius 3 is 2.38 bits per heavy atom. The van der Waals surface area contributed by atoms with Gasteiger partial charge in [-0.2, -0.15) is 0 Å². The Hall–Kier alpha value is -2.71. The first kappa shape index (κ1) is 23.1. The number of sulfonamides is 1. The number of nitrogens with zero attached hydrogens (tertiary/aromatic N) is 1. The highest BCUT2D eigenvalue weighted by Crippen LogP contribution is 2.39. The fraction of sp³-hybridized carbons (Fsp3) is 0.462. The molecule has 0 spiro atoms. The molecule has 2 aromatic carbocycles. The van der Waals surface area contributed by atoms with E-state index < -0.39 is 10.0 Å². The molecule has 8 heteroatoms. The Balaban J connectivity index is 1.41. The molecule has 2 fully saturated rings. The minimum Gasteiger partial charge on any atom is -0.495 e. The summed E-state index contributed by atoms with van der Waals surface area (Å²) in [6.07, 6.45) is 6.00. The number of amides is 2. The molecule has 1 aliphatic heterocycles. The third-order valence-electron chi connectivity index (χ3n) is 7.46. The molecule has 1 heterocycles. The molecule has 2 aromatic rings. The van der Waals surface area contributed by atoms with E-state index in [1.807, 2.05) is 24.3 Å². The molecule has 1 saturated carbocycles. The molecule has 3 aliphatic rings. The van der Waals surface area contributed by atoms with E-state index in [1.165, 1.54) is 18.1 Å². The van der Waals surface area contributed by atoms with Crippen molar-refractivity contribution in [1.29, 1.82) is 0 Å². The van der Waals surface area contributed by atoms with Crippen molar-refractivity contribution >= 4 is 21.8 Å². The molecule has 1 N–H and O–H groups in total. The van der Waals surface area contributed by atoms with E-state index in [2.05, 4.69) is 4.72 Å². The number of nitrogens with one attached hydrogen (secondary N) is 1. The Kier molecular flexibility index (Phi) is 6.20. The van der Waals surface area contributed by atoms with Crippen LogP contribution in [0.2, 0.25) is 0 Å². The third-order valence-corrected chi connectivity index (χ3v) is 8.95. The summed E-state index contributed by atoms with van der Waals surface area (Å²) >= 11 is 0. The van der Waals surface area contributed by atoms with Crippen LogP contribution in [0.4, 0.5) is 0 Å². The third kappa shape index (κ3) is 4.14. The lowest BCUT2D eigenvalue weighted by Gasteiger charge is -2.26. The quantitative estimate of drug-likeness (QED) is 0.634. The number of benzene rings is 2. The summed E-state index contributed by atoms with van der Waals surface area (Å²) in [6.45, 7) is 0.0729. The van der Waals surface area contributed by atoms with Gasteiger partial charge in [-0.3, -0.25) is 14.5 Å². The Labute approximate surface area is 200 Å². The second-order valence-corrected chi connectivity index (χ2v) is 11.2. The van der Waals surface area contributed by atoms with Crippen LogP contribution in [0.3, 0.4) is 0 Å². The molecule has 0 bridgehead atoms. The van der Waals surface area contributed by atoms with Gasteiger partial charge in [-0.15, -0.1) is 0 Å². The second kappa shape index (κ2) is 9.15. The number of rotatable bonds is 6. The molecule has 3 atom stereocenters. The first-order chi connectivity index (χ1) is 16.4. The molecule has 7 nitrogen and oxygen atoms in total. The van der Waals surface area contributed by atoms with Gasteiger partial charge in [0.1, 0.15) is 10.6 Å². The van der Waals surface area contributed by atoms with Crippen LogP contribution >= 0.6 is 0 Å². The van der Waals surface area contributed by atoms with Gasteiger partial charge in [-0.1, -0.05) is 43.2 Å². The van der Waals surface area contributed by atoms with Crippen LogP contribution in [0.1, 0.15) is 61.3 Å². The van der Waals surface area contributed by atoms with E-state index in [1.54, 1.807) is 12.1 Å². The first-order valence-corrected chi connectivity index (χ1v) is 13.5. The molecular weight excluding hydrogens is 452 g/mol. The van der Waals surface area contributed by atoms with E-state index in [9.17, 15) is 18.0 Å². The predicted molar refractivity (Wildman–Crippen MR) is 126 cm³/mol. The smallest absolute Gasteiger partial charge is 0.244 e. The number of methoxy groups -OCH3 is 1. The van der Waals surface area contributed by atoms with Gasteiger partial charge in [0, 0.05) is 6.04 Å².